The summed E-state index contributed by atoms with van der Waals surface area (Å²) in [6.07, 6.45) is 2.19. The number of aliphatic imine (C=N–C) groups is 1. The Kier molecular flexibility index (Phi) is 5.68. The van der Waals surface area contributed by atoms with E-state index in [-0.39, 0.29) is 0 Å². The van der Waals surface area contributed by atoms with Gasteiger partial charge in [-0.05, 0) is 12.8 Å². The largest absolute Gasteiger partial charge is 0.359 e. The Balaban J connectivity index is 2.59. The molecule has 0 saturated heterocycles. The zero-order valence-corrected chi connectivity index (χ0v) is 12.0. The lowest BCUT2D eigenvalue weighted by atomic mass is 9.99. The standard InChI is InChI=1S/C13H24N4O/c1-6-10(7-2)12-8-11(18-16-12)9-15-13(14-3)17(4)5/h8,10H,6-7,9H2,1-5H3,(H,14,15). The summed E-state index contributed by atoms with van der Waals surface area (Å²) in [4.78, 5) is 6.08. The van der Waals surface area contributed by atoms with Crippen molar-refractivity contribution in [3.8, 4) is 0 Å². The molecule has 18 heavy (non-hydrogen) atoms. The highest BCUT2D eigenvalue weighted by molar-refractivity contribution is 5.79. The number of aromatic nitrogens is 1. The first-order valence-electron chi connectivity index (χ1n) is 6.45. The Bertz CT molecular complexity index is 380. The molecule has 0 atom stereocenters. The van der Waals surface area contributed by atoms with Gasteiger partial charge in [0, 0.05) is 33.1 Å². The molecular formula is C13H24N4O. The van der Waals surface area contributed by atoms with Crippen LogP contribution in [0.2, 0.25) is 0 Å². The van der Waals surface area contributed by atoms with Crippen LogP contribution < -0.4 is 5.32 Å². The monoisotopic (exact) mass is 252 g/mol. The summed E-state index contributed by atoms with van der Waals surface area (Å²) in [5.41, 5.74) is 1.05. The van der Waals surface area contributed by atoms with E-state index < -0.39 is 0 Å². The lowest BCUT2D eigenvalue weighted by molar-refractivity contribution is 0.366. The van der Waals surface area contributed by atoms with Crippen molar-refractivity contribution in [1.82, 2.24) is 15.4 Å². The molecule has 0 radical (unpaired) electrons. The van der Waals surface area contributed by atoms with E-state index in [1.807, 2.05) is 25.1 Å². The fourth-order valence-corrected chi connectivity index (χ4v) is 1.91. The molecule has 0 unspecified atom stereocenters. The number of hydrogen-bond donors (Lipinski definition) is 1. The lowest BCUT2D eigenvalue weighted by Gasteiger charge is -2.15. The van der Waals surface area contributed by atoms with Gasteiger partial charge in [0.05, 0.1) is 12.2 Å². The molecule has 1 aromatic rings. The van der Waals surface area contributed by atoms with Crippen LogP contribution in [0, 0.1) is 0 Å². The second-order valence-electron chi connectivity index (χ2n) is 4.53. The molecule has 0 aliphatic rings. The van der Waals surface area contributed by atoms with Crippen molar-refractivity contribution in [2.45, 2.75) is 39.2 Å². The molecule has 0 bridgehead atoms. The molecule has 1 rings (SSSR count). The molecule has 0 amide bonds. The molecule has 5 heteroatoms. The normalized spacial score (nSPS) is 12.0. The van der Waals surface area contributed by atoms with E-state index in [2.05, 4.69) is 29.3 Å². The summed E-state index contributed by atoms with van der Waals surface area (Å²) in [5.74, 6) is 2.17. The molecule has 0 fully saturated rings. The molecule has 1 N–H and O–H groups in total. The SMILES string of the molecule is CCC(CC)c1cc(CNC(=NC)N(C)C)on1. The predicted molar refractivity (Wildman–Crippen MR) is 73.7 cm³/mol. The van der Waals surface area contributed by atoms with Crippen molar-refractivity contribution in [3.05, 3.63) is 17.5 Å². The van der Waals surface area contributed by atoms with Gasteiger partial charge in [0.1, 0.15) is 0 Å². The molecule has 0 aromatic carbocycles. The Hall–Kier alpha value is -1.52. The molecule has 1 aromatic heterocycles. The maximum Gasteiger partial charge on any atom is 0.193 e. The summed E-state index contributed by atoms with van der Waals surface area (Å²) in [6, 6.07) is 2.04. The van der Waals surface area contributed by atoms with E-state index in [4.69, 9.17) is 4.52 Å². The fourth-order valence-electron chi connectivity index (χ4n) is 1.91. The summed E-state index contributed by atoms with van der Waals surface area (Å²) in [5, 5.41) is 7.35. The Labute approximate surface area is 109 Å². The third-order valence-corrected chi connectivity index (χ3v) is 3.04. The van der Waals surface area contributed by atoms with Crippen molar-refractivity contribution in [2.75, 3.05) is 21.1 Å². The van der Waals surface area contributed by atoms with Crippen LogP contribution in [-0.4, -0.2) is 37.2 Å². The van der Waals surface area contributed by atoms with Gasteiger partial charge in [0.15, 0.2) is 11.7 Å². The van der Waals surface area contributed by atoms with Crippen LogP contribution in [0.25, 0.3) is 0 Å². The fraction of sp³-hybridized carbons (Fsp3) is 0.692. The highest BCUT2D eigenvalue weighted by atomic mass is 16.5. The minimum Gasteiger partial charge on any atom is -0.359 e. The highest BCUT2D eigenvalue weighted by Crippen LogP contribution is 2.22. The van der Waals surface area contributed by atoms with Gasteiger partial charge in [0.25, 0.3) is 0 Å². The first kappa shape index (κ1) is 14.5. The van der Waals surface area contributed by atoms with E-state index in [1.165, 1.54) is 0 Å². The minimum absolute atomic E-state index is 0.496. The number of guanidine groups is 1. The Morgan fingerprint density at radius 1 is 1.44 bits per heavy atom. The molecule has 0 saturated carbocycles. The van der Waals surface area contributed by atoms with Gasteiger partial charge in [-0.1, -0.05) is 19.0 Å². The Morgan fingerprint density at radius 2 is 2.11 bits per heavy atom. The van der Waals surface area contributed by atoms with Crippen LogP contribution in [0.4, 0.5) is 0 Å². The summed E-state index contributed by atoms with van der Waals surface area (Å²) in [6.45, 7) is 4.96. The molecule has 0 spiro atoms. The van der Waals surface area contributed by atoms with Crippen LogP contribution >= 0.6 is 0 Å². The first-order chi connectivity index (χ1) is 8.62. The molecular weight excluding hydrogens is 228 g/mol. The van der Waals surface area contributed by atoms with E-state index in [0.717, 1.165) is 30.3 Å². The zero-order valence-electron chi connectivity index (χ0n) is 12.0. The van der Waals surface area contributed by atoms with Crippen LogP contribution in [0.1, 0.15) is 44.1 Å². The topological polar surface area (TPSA) is 53.7 Å². The van der Waals surface area contributed by atoms with Crippen LogP contribution in [0.5, 0.6) is 0 Å². The van der Waals surface area contributed by atoms with Crippen molar-refractivity contribution in [2.24, 2.45) is 4.99 Å². The summed E-state index contributed by atoms with van der Waals surface area (Å²) in [7, 11) is 5.66. The smallest absolute Gasteiger partial charge is 0.193 e. The van der Waals surface area contributed by atoms with Crippen LogP contribution in [0.3, 0.4) is 0 Å². The molecule has 1 heterocycles. The van der Waals surface area contributed by atoms with Crippen molar-refractivity contribution < 1.29 is 4.52 Å². The van der Waals surface area contributed by atoms with Gasteiger partial charge in [-0.25, -0.2) is 0 Å². The molecule has 0 aliphatic heterocycles. The second kappa shape index (κ2) is 7.03. The first-order valence-corrected chi connectivity index (χ1v) is 6.45. The van der Waals surface area contributed by atoms with E-state index in [0.29, 0.717) is 12.5 Å². The summed E-state index contributed by atoms with van der Waals surface area (Å²) < 4.78 is 5.34. The van der Waals surface area contributed by atoms with Gasteiger partial charge in [-0.2, -0.15) is 0 Å². The number of nitrogens with zero attached hydrogens (tertiary/aromatic N) is 3. The zero-order chi connectivity index (χ0) is 13.5. The molecule has 102 valence electrons. The van der Waals surface area contributed by atoms with Crippen LogP contribution in [0.15, 0.2) is 15.6 Å². The van der Waals surface area contributed by atoms with Gasteiger partial charge >= 0.3 is 0 Å². The lowest BCUT2D eigenvalue weighted by Crippen LogP contribution is -2.35. The Morgan fingerprint density at radius 3 is 2.61 bits per heavy atom. The van der Waals surface area contributed by atoms with Crippen LogP contribution in [-0.2, 0) is 6.54 Å². The maximum atomic E-state index is 5.34. The molecule has 0 aliphatic carbocycles. The van der Waals surface area contributed by atoms with E-state index >= 15 is 0 Å². The average molecular weight is 252 g/mol. The van der Waals surface area contributed by atoms with E-state index in [9.17, 15) is 0 Å². The average Bonchev–Trinajstić information content (AvgIpc) is 2.80. The van der Waals surface area contributed by atoms with Crippen molar-refractivity contribution in [1.29, 1.82) is 0 Å². The third kappa shape index (κ3) is 3.75. The number of hydrogen-bond acceptors (Lipinski definition) is 3. The predicted octanol–water partition coefficient (Wildman–Crippen LogP) is 2.22. The van der Waals surface area contributed by atoms with E-state index in [1.54, 1.807) is 7.05 Å². The maximum absolute atomic E-state index is 5.34. The third-order valence-electron chi connectivity index (χ3n) is 3.04. The molecule has 5 nitrogen and oxygen atoms in total. The van der Waals surface area contributed by atoms with Gasteiger partial charge < -0.3 is 14.7 Å². The van der Waals surface area contributed by atoms with Gasteiger partial charge in [0.2, 0.25) is 0 Å². The van der Waals surface area contributed by atoms with Gasteiger partial charge in [-0.3, -0.25) is 4.99 Å². The van der Waals surface area contributed by atoms with Crippen molar-refractivity contribution >= 4 is 5.96 Å². The quantitative estimate of drug-likeness (QED) is 0.645. The minimum atomic E-state index is 0.496. The van der Waals surface area contributed by atoms with Gasteiger partial charge in [-0.15, -0.1) is 0 Å². The van der Waals surface area contributed by atoms with Crippen molar-refractivity contribution in [3.63, 3.8) is 0 Å². The number of rotatable bonds is 5. The highest BCUT2D eigenvalue weighted by Gasteiger charge is 2.13. The number of nitrogens with one attached hydrogen (secondary N) is 1. The summed E-state index contributed by atoms with van der Waals surface area (Å²) >= 11 is 0. The second-order valence-corrected chi connectivity index (χ2v) is 4.53.